The predicted molar refractivity (Wildman–Crippen MR) is 129 cm³/mol. The summed E-state index contributed by atoms with van der Waals surface area (Å²) in [6.45, 7) is 5.95. The van der Waals surface area contributed by atoms with E-state index in [1.54, 1.807) is 24.3 Å². The largest absolute Gasteiger partial charge is 0.481 e. The van der Waals surface area contributed by atoms with E-state index >= 15 is 0 Å². The number of ether oxygens (including phenoxy) is 1. The Bertz CT molecular complexity index is 1000. The average Bonchev–Trinajstić information content (AvgIpc) is 2.78. The number of amides is 1. The summed E-state index contributed by atoms with van der Waals surface area (Å²) in [6, 6.07) is 14.5. The van der Waals surface area contributed by atoms with Crippen LogP contribution in [0.4, 0.5) is 17.1 Å². The lowest BCUT2D eigenvalue weighted by Crippen LogP contribution is -2.44. The van der Waals surface area contributed by atoms with Gasteiger partial charge in [0.25, 0.3) is 5.91 Å². The van der Waals surface area contributed by atoms with Gasteiger partial charge in [0, 0.05) is 44.6 Å². The van der Waals surface area contributed by atoms with Gasteiger partial charge in [0.2, 0.25) is 10.0 Å². The Balaban J connectivity index is 1.59. The van der Waals surface area contributed by atoms with Crippen molar-refractivity contribution in [3.63, 3.8) is 0 Å². The molecule has 32 heavy (non-hydrogen) atoms. The fourth-order valence-electron chi connectivity index (χ4n) is 3.46. The molecule has 1 aliphatic rings. The van der Waals surface area contributed by atoms with E-state index in [4.69, 9.17) is 4.74 Å². The minimum absolute atomic E-state index is 0.225. The molecule has 0 spiro atoms. The molecular formula is C23H32N4O4S. The zero-order chi connectivity index (χ0) is 23.3. The van der Waals surface area contributed by atoms with Crippen LogP contribution in [0.2, 0.25) is 0 Å². The maximum atomic E-state index is 12.7. The fourth-order valence-corrected chi connectivity index (χ4v) is 3.96. The molecule has 1 saturated heterocycles. The summed E-state index contributed by atoms with van der Waals surface area (Å²) < 4.78 is 30.4. The van der Waals surface area contributed by atoms with E-state index in [0.717, 1.165) is 43.8 Å². The Morgan fingerprint density at radius 1 is 1.06 bits per heavy atom. The summed E-state index contributed by atoms with van der Waals surface area (Å²) in [5.74, 6) is 0.278. The van der Waals surface area contributed by atoms with Crippen molar-refractivity contribution in [1.29, 1.82) is 0 Å². The summed E-state index contributed by atoms with van der Waals surface area (Å²) in [7, 11) is 0.284. The average molecular weight is 461 g/mol. The van der Waals surface area contributed by atoms with E-state index in [1.165, 1.54) is 11.4 Å². The Morgan fingerprint density at radius 2 is 1.66 bits per heavy atom. The van der Waals surface area contributed by atoms with Gasteiger partial charge >= 0.3 is 0 Å². The Morgan fingerprint density at radius 3 is 2.19 bits per heavy atom. The molecule has 1 aliphatic heterocycles. The van der Waals surface area contributed by atoms with Gasteiger partial charge in [0.05, 0.1) is 11.9 Å². The van der Waals surface area contributed by atoms with E-state index in [0.29, 0.717) is 17.9 Å². The zero-order valence-corrected chi connectivity index (χ0v) is 19.9. The van der Waals surface area contributed by atoms with Gasteiger partial charge < -0.3 is 19.9 Å². The molecule has 8 nitrogen and oxygen atoms in total. The van der Waals surface area contributed by atoms with Crippen molar-refractivity contribution in [1.82, 2.24) is 4.90 Å². The minimum Gasteiger partial charge on any atom is -0.481 e. The molecule has 1 fully saturated rings. The highest BCUT2D eigenvalue weighted by Gasteiger charge is 2.20. The number of benzene rings is 2. The van der Waals surface area contributed by atoms with Gasteiger partial charge in [-0.3, -0.25) is 9.10 Å². The highest BCUT2D eigenvalue weighted by molar-refractivity contribution is 7.92. The molecule has 2 aromatic rings. The number of carbonyl (C=O) groups excluding carboxylic acids is 1. The number of anilines is 3. The number of nitrogens with one attached hydrogen (secondary N) is 1. The summed E-state index contributed by atoms with van der Waals surface area (Å²) in [6.07, 6.45) is 0.980. The molecule has 2 aromatic carbocycles. The molecule has 1 amide bonds. The van der Waals surface area contributed by atoms with Crippen LogP contribution in [-0.4, -0.2) is 71.9 Å². The van der Waals surface area contributed by atoms with Crippen molar-refractivity contribution >= 4 is 33.0 Å². The minimum atomic E-state index is -3.33. The smallest absolute Gasteiger partial charge is 0.265 e. The molecule has 0 bridgehead atoms. The van der Waals surface area contributed by atoms with E-state index < -0.39 is 16.1 Å². The highest BCUT2D eigenvalue weighted by Crippen LogP contribution is 2.23. The molecule has 0 aliphatic carbocycles. The van der Waals surface area contributed by atoms with E-state index in [9.17, 15) is 13.2 Å². The number of piperazine rings is 1. The standard InChI is InChI=1S/C23H32N4O4S/c1-5-22(31-21-12-10-19(11-13-21)26(3)32(4,29)30)23(28)24-18-6-8-20(9-7-18)27-16-14-25(2)15-17-27/h6-13,22H,5,14-17H2,1-4H3,(H,24,28). The quantitative estimate of drug-likeness (QED) is 0.652. The summed E-state index contributed by atoms with van der Waals surface area (Å²) in [5, 5.41) is 2.92. The summed E-state index contributed by atoms with van der Waals surface area (Å²) >= 11 is 0. The first-order valence-corrected chi connectivity index (χ1v) is 12.6. The van der Waals surface area contributed by atoms with Crippen LogP contribution in [0.5, 0.6) is 5.75 Å². The second kappa shape index (κ2) is 10.2. The molecule has 1 unspecified atom stereocenters. The van der Waals surface area contributed by atoms with Crippen LogP contribution >= 0.6 is 0 Å². The number of hydrogen-bond acceptors (Lipinski definition) is 6. The second-order valence-corrected chi connectivity index (χ2v) is 10.1. The van der Waals surface area contributed by atoms with E-state index in [2.05, 4.69) is 22.2 Å². The molecule has 9 heteroatoms. The number of likely N-dealkylation sites (N-methyl/N-ethyl adjacent to an activating group) is 1. The second-order valence-electron chi connectivity index (χ2n) is 8.07. The third-order valence-electron chi connectivity index (χ3n) is 5.64. The molecule has 0 radical (unpaired) electrons. The third-order valence-corrected chi connectivity index (χ3v) is 6.85. The van der Waals surface area contributed by atoms with Crippen LogP contribution in [-0.2, 0) is 14.8 Å². The number of hydrogen-bond donors (Lipinski definition) is 1. The molecule has 174 valence electrons. The van der Waals surface area contributed by atoms with Crippen LogP contribution in [0.15, 0.2) is 48.5 Å². The van der Waals surface area contributed by atoms with Crippen molar-refractivity contribution in [2.75, 3.05) is 61.1 Å². The van der Waals surface area contributed by atoms with E-state index in [-0.39, 0.29) is 5.91 Å². The van der Waals surface area contributed by atoms with Gasteiger partial charge in [-0.15, -0.1) is 0 Å². The van der Waals surface area contributed by atoms with Crippen LogP contribution in [0, 0.1) is 0 Å². The van der Waals surface area contributed by atoms with Gasteiger partial charge in [-0.1, -0.05) is 6.92 Å². The van der Waals surface area contributed by atoms with Crippen LogP contribution in [0.3, 0.4) is 0 Å². The van der Waals surface area contributed by atoms with Gasteiger partial charge in [0.1, 0.15) is 5.75 Å². The van der Waals surface area contributed by atoms with Crippen molar-refractivity contribution in [3.8, 4) is 5.75 Å². The molecule has 1 N–H and O–H groups in total. The van der Waals surface area contributed by atoms with Crippen LogP contribution in [0.25, 0.3) is 0 Å². The topological polar surface area (TPSA) is 82.2 Å². The lowest BCUT2D eigenvalue weighted by molar-refractivity contribution is -0.122. The molecule has 1 atom stereocenters. The number of nitrogens with zero attached hydrogens (tertiary/aromatic N) is 3. The molecule has 0 aromatic heterocycles. The number of sulfonamides is 1. The monoisotopic (exact) mass is 460 g/mol. The summed E-state index contributed by atoms with van der Waals surface area (Å²) in [5.41, 5.74) is 2.40. The lowest BCUT2D eigenvalue weighted by Gasteiger charge is -2.34. The molecule has 1 heterocycles. The van der Waals surface area contributed by atoms with Gasteiger partial charge in [0.15, 0.2) is 6.10 Å². The first-order chi connectivity index (χ1) is 15.2. The zero-order valence-electron chi connectivity index (χ0n) is 19.1. The predicted octanol–water partition coefficient (Wildman–Crippen LogP) is 2.63. The number of carbonyl (C=O) groups is 1. The van der Waals surface area contributed by atoms with Crippen molar-refractivity contribution in [2.24, 2.45) is 0 Å². The van der Waals surface area contributed by atoms with Crippen molar-refractivity contribution in [2.45, 2.75) is 19.4 Å². The SMILES string of the molecule is CCC(Oc1ccc(N(C)S(C)(=O)=O)cc1)C(=O)Nc1ccc(N2CCN(C)CC2)cc1. The van der Waals surface area contributed by atoms with Gasteiger partial charge in [-0.25, -0.2) is 8.42 Å². The third kappa shape index (κ3) is 6.14. The van der Waals surface area contributed by atoms with E-state index in [1.807, 2.05) is 31.2 Å². The fraction of sp³-hybridized carbons (Fsp3) is 0.435. The van der Waals surface area contributed by atoms with Crippen molar-refractivity contribution < 1.29 is 17.9 Å². The van der Waals surface area contributed by atoms with Crippen LogP contribution in [0.1, 0.15) is 13.3 Å². The van der Waals surface area contributed by atoms with Gasteiger partial charge in [-0.05, 0) is 62.0 Å². The number of rotatable bonds is 8. The normalized spacial score (nSPS) is 15.8. The Labute approximate surface area is 190 Å². The maximum Gasteiger partial charge on any atom is 0.265 e. The highest BCUT2D eigenvalue weighted by atomic mass is 32.2. The summed E-state index contributed by atoms with van der Waals surface area (Å²) in [4.78, 5) is 17.4. The molecule has 3 rings (SSSR count). The Kier molecular flexibility index (Phi) is 7.63. The first kappa shape index (κ1) is 23.9. The molecule has 0 saturated carbocycles. The maximum absolute atomic E-state index is 12.7. The van der Waals surface area contributed by atoms with Gasteiger partial charge in [-0.2, -0.15) is 0 Å². The lowest BCUT2D eigenvalue weighted by atomic mass is 10.2. The Hall–Kier alpha value is -2.78. The first-order valence-electron chi connectivity index (χ1n) is 10.7. The molecular weight excluding hydrogens is 428 g/mol. The van der Waals surface area contributed by atoms with Crippen molar-refractivity contribution in [3.05, 3.63) is 48.5 Å². The van der Waals surface area contributed by atoms with Crippen LogP contribution < -0.4 is 19.3 Å².